The fraction of sp³-hybridized carbons (Fsp3) is 0.940. The number of nitrogens with zero attached hydrogens (tertiary/aromatic N) is 1. The van der Waals surface area contributed by atoms with Gasteiger partial charge in [-0.25, -0.2) is 0 Å². The second-order valence-electron chi connectivity index (χ2n) is 17.4. The average Bonchev–Trinajstić information content (AvgIpc) is 3.21. The van der Waals surface area contributed by atoms with E-state index in [-0.39, 0.29) is 24.3 Å². The van der Waals surface area contributed by atoms with E-state index in [4.69, 9.17) is 9.47 Å². The Kier molecular flexibility index (Phi) is 43.0. The first-order chi connectivity index (χ1) is 27.9. The standard InChI is InChI=1S/C50H97NO6/c1-5-9-13-18-32-46(30-11-7-3)34-20-22-37-49(54)56-44-28-16-15-25-40-51(41-26-17-27-43-52)42-39-48(53)36-24-29-45-57-50(55)38-23-21-35-47(31-12-8-4)33-19-14-10-6-2/h46-47,52H,5-45H2,1-4H3. The summed E-state index contributed by atoms with van der Waals surface area (Å²) in [6.07, 6.45) is 38.5. The van der Waals surface area contributed by atoms with Crippen molar-refractivity contribution in [1.82, 2.24) is 4.90 Å². The second-order valence-corrected chi connectivity index (χ2v) is 17.4. The third-order valence-corrected chi connectivity index (χ3v) is 11.9. The van der Waals surface area contributed by atoms with Crippen molar-refractivity contribution < 1.29 is 29.0 Å². The molecule has 0 aliphatic heterocycles. The third kappa shape index (κ3) is 39.7. The van der Waals surface area contributed by atoms with Crippen LogP contribution >= 0.6 is 0 Å². The summed E-state index contributed by atoms with van der Waals surface area (Å²) in [6.45, 7) is 13.0. The van der Waals surface area contributed by atoms with E-state index in [9.17, 15) is 19.5 Å². The fourth-order valence-electron chi connectivity index (χ4n) is 8.07. The molecule has 0 amide bonds. The van der Waals surface area contributed by atoms with E-state index in [1.807, 2.05) is 0 Å². The predicted octanol–water partition coefficient (Wildman–Crippen LogP) is 13.9. The van der Waals surface area contributed by atoms with Crippen molar-refractivity contribution in [1.29, 1.82) is 0 Å². The SMILES string of the molecule is CCCCCCC(CCCC)CCCCC(=O)OCCCCCCN(CCCCCO)CCC(=O)CCCCOC(=O)CCCCC(CCCC)CCCCCC. The molecule has 0 aliphatic carbocycles. The molecular formula is C50H97NO6. The zero-order valence-corrected chi connectivity index (χ0v) is 38.6. The van der Waals surface area contributed by atoms with Gasteiger partial charge in [0.2, 0.25) is 0 Å². The number of hydrogen-bond donors (Lipinski definition) is 1. The van der Waals surface area contributed by atoms with E-state index in [0.717, 1.165) is 115 Å². The van der Waals surface area contributed by atoms with Crippen LogP contribution in [0, 0.1) is 11.8 Å². The summed E-state index contributed by atoms with van der Waals surface area (Å²) in [6, 6.07) is 0. The highest BCUT2D eigenvalue weighted by atomic mass is 16.5. The van der Waals surface area contributed by atoms with Crippen LogP contribution in [0.4, 0.5) is 0 Å². The Morgan fingerprint density at radius 3 is 1.26 bits per heavy atom. The molecule has 0 rings (SSSR count). The Hall–Kier alpha value is -1.47. The monoisotopic (exact) mass is 808 g/mol. The van der Waals surface area contributed by atoms with Crippen molar-refractivity contribution in [3.63, 3.8) is 0 Å². The quantitative estimate of drug-likeness (QED) is 0.0483. The number of Topliss-reactive ketones (excluding diaryl/α,β-unsaturated/α-hetero) is 1. The summed E-state index contributed by atoms with van der Waals surface area (Å²) in [5, 5.41) is 9.19. The Morgan fingerprint density at radius 2 is 0.789 bits per heavy atom. The number of carbonyl (C=O) groups excluding carboxylic acids is 3. The highest BCUT2D eigenvalue weighted by Crippen LogP contribution is 2.25. The van der Waals surface area contributed by atoms with Gasteiger partial charge < -0.3 is 19.5 Å². The molecule has 0 fully saturated rings. The van der Waals surface area contributed by atoms with Crippen LogP contribution < -0.4 is 0 Å². The van der Waals surface area contributed by atoms with Crippen LogP contribution in [0.3, 0.4) is 0 Å². The van der Waals surface area contributed by atoms with Crippen LogP contribution in [-0.4, -0.2) is 67.2 Å². The van der Waals surface area contributed by atoms with E-state index in [1.54, 1.807) is 0 Å². The molecule has 2 unspecified atom stereocenters. The maximum Gasteiger partial charge on any atom is 0.305 e. The first kappa shape index (κ1) is 55.5. The molecule has 1 N–H and O–H groups in total. The number of rotatable bonds is 46. The number of ether oxygens (including phenoxy) is 2. The van der Waals surface area contributed by atoms with E-state index >= 15 is 0 Å². The van der Waals surface area contributed by atoms with Gasteiger partial charge in [-0.2, -0.15) is 0 Å². The molecule has 0 saturated carbocycles. The highest BCUT2D eigenvalue weighted by molar-refractivity contribution is 5.78. The van der Waals surface area contributed by atoms with Crippen LogP contribution in [0.1, 0.15) is 252 Å². The Labute approximate surface area is 354 Å². The van der Waals surface area contributed by atoms with Crippen molar-refractivity contribution in [2.45, 2.75) is 252 Å². The Morgan fingerprint density at radius 1 is 0.404 bits per heavy atom. The van der Waals surface area contributed by atoms with Gasteiger partial charge in [0.25, 0.3) is 0 Å². The van der Waals surface area contributed by atoms with Gasteiger partial charge in [0, 0.05) is 38.8 Å². The number of ketones is 1. The van der Waals surface area contributed by atoms with Crippen LogP contribution in [-0.2, 0) is 23.9 Å². The minimum atomic E-state index is -0.0905. The molecule has 57 heavy (non-hydrogen) atoms. The van der Waals surface area contributed by atoms with Crippen molar-refractivity contribution >= 4 is 17.7 Å². The van der Waals surface area contributed by atoms with Gasteiger partial charge in [-0.1, -0.05) is 169 Å². The molecule has 0 aromatic rings. The van der Waals surface area contributed by atoms with Crippen LogP contribution in [0.25, 0.3) is 0 Å². The van der Waals surface area contributed by atoms with Gasteiger partial charge in [0.05, 0.1) is 13.2 Å². The highest BCUT2D eigenvalue weighted by Gasteiger charge is 2.13. The van der Waals surface area contributed by atoms with Crippen LogP contribution in [0.2, 0.25) is 0 Å². The largest absolute Gasteiger partial charge is 0.466 e. The molecule has 0 aromatic carbocycles. The fourth-order valence-corrected chi connectivity index (χ4v) is 8.07. The summed E-state index contributed by atoms with van der Waals surface area (Å²) < 4.78 is 11.0. The second kappa shape index (κ2) is 44.1. The lowest BCUT2D eigenvalue weighted by Gasteiger charge is -2.22. The van der Waals surface area contributed by atoms with E-state index in [2.05, 4.69) is 32.6 Å². The summed E-state index contributed by atoms with van der Waals surface area (Å²) in [7, 11) is 0. The zero-order chi connectivity index (χ0) is 41.9. The number of carbonyl (C=O) groups is 3. The molecule has 0 spiro atoms. The molecule has 7 nitrogen and oxygen atoms in total. The molecule has 7 heteroatoms. The summed E-state index contributed by atoms with van der Waals surface area (Å²) in [5.74, 6) is 1.79. The zero-order valence-electron chi connectivity index (χ0n) is 38.6. The van der Waals surface area contributed by atoms with Crippen LogP contribution in [0.15, 0.2) is 0 Å². The smallest absolute Gasteiger partial charge is 0.305 e. The minimum absolute atomic E-state index is 0.0390. The summed E-state index contributed by atoms with van der Waals surface area (Å²) in [5.41, 5.74) is 0. The predicted molar refractivity (Wildman–Crippen MR) is 242 cm³/mol. The van der Waals surface area contributed by atoms with Gasteiger partial charge in [-0.05, 0) is 82.7 Å². The summed E-state index contributed by atoms with van der Waals surface area (Å²) in [4.78, 5) is 39.7. The van der Waals surface area contributed by atoms with Crippen molar-refractivity contribution in [3.8, 4) is 0 Å². The van der Waals surface area contributed by atoms with Gasteiger partial charge >= 0.3 is 11.9 Å². The first-order valence-corrected chi connectivity index (χ1v) is 25.1. The van der Waals surface area contributed by atoms with Gasteiger partial charge in [-0.3, -0.25) is 14.4 Å². The maximum absolute atomic E-state index is 12.7. The lowest BCUT2D eigenvalue weighted by atomic mass is 9.90. The average molecular weight is 808 g/mol. The number of hydrogen-bond acceptors (Lipinski definition) is 7. The molecule has 0 aromatic heterocycles. The molecule has 0 saturated heterocycles. The third-order valence-electron chi connectivity index (χ3n) is 11.9. The lowest BCUT2D eigenvalue weighted by molar-refractivity contribution is -0.144. The number of aliphatic hydroxyl groups is 1. The molecule has 0 heterocycles. The molecular weight excluding hydrogens is 711 g/mol. The first-order valence-electron chi connectivity index (χ1n) is 25.1. The topological polar surface area (TPSA) is 93.1 Å². The van der Waals surface area contributed by atoms with E-state index < -0.39 is 0 Å². The van der Waals surface area contributed by atoms with Gasteiger partial charge in [0.15, 0.2) is 0 Å². The molecule has 338 valence electrons. The van der Waals surface area contributed by atoms with Crippen LogP contribution in [0.5, 0.6) is 0 Å². The minimum Gasteiger partial charge on any atom is -0.466 e. The Bertz CT molecular complexity index is 881. The van der Waals surface area contributed by atoms with Crippen molar-refractivity contribution in [3.05, 3.63) is 0 Å². The number of aliphatic hydroxyl groups excluding tert-OH is 1. The van der Waals surface area contributed by atoms with Crippen molar-refractivity contribution in [2.24, 2.45) is 11.8 Å². The summed E-state index contributed by atoms with van der Waals surface area (Å²) >= 11 is 0. The van der Waals surface area contributed by atoms with Gasteiger partial charge in [0.1, 0.15) is 5.78 Å². The lowest BCUT2D eigenvalue weighted by Crippen LogP contribution is -2.28. The number of unbranched alkanes of at least 4 members (excludes halogenated alkanes) is 16. The Balaban J connectivity index is 4.14. The number of esters is 2. The van der Waals surface area contributed by atoms with Crippen molar-refractivity contribution in [2.75, 3.05) is 39.5 Å². The van der Waals surface area contributed by atoms with Gasteiger partial charge in [-0.15, -0.1) is 0 Å². The molecule has 0 radical (unpaired) electrons. The maximum atomic E-state index is 12.7. The van der Waals surface area contributed by atoms with E-state index in [0.29, 0.717) is 38.9 Å². The molecule has 2 atom stereocenters. The molecule has 0 aliphatic rings. The van der Waals surface area contributed by atoms with E-state index in [1.165, 1.54) is 116 Å². The normalized spacial score (nSPS) is 12.6. The molecule has 0 bridgehead atoms.